The molecular weight excluding hydrogens is 436 g/mol. The Morgan fingerprint density at radius 1 is 1.12 bits per heavy atom. The Balaban J connectivity index is 1.64. The van der Waals surface area contributed by atoms with Gasteiger partial charge in [-0.1, -0.05) is 45.2 Å². The third-order valence-electron chi connectivity index (χ3n) is 5.64. The predicted molar refractivity (Wildman–Crippen MR) is 131 cm³/mol. The molecule has 1 aromatic carbocycles. The van der Waals surface area contributed by atoms with Crippen LogP contribution in [0.4, 0.5) is 0 Å². The number of ether oxygens (including phenoxy) is 2. The van der Waals surface area contributed by atoms with Crippen LogP contribution in [0.25, 0.3) is 6.08 Å². The van der Waals surface area contributed by atoms with Crippen LogP contribution in [0.15, 0.2) is 30.3 Å². The molecule has 3 N–H and O–H groups in total. The van der Waals surface area contributed by atoms with Gasteiger partial charge in [0.15, 0.2) is 6.29 Å². The number of carboxylic acids is 1. The van der Waals surface area contributed by atoms with Crippen molar-refractivity contribution < 1.29 is 29.0 Å². The first-order chi connectivity index (χ1) is 16.3. The Bertz CT molecular complexity index is 759. The van der Waals surface area contributed by atoms with Crippen LogP contribution < -0.4 is 15.5 Å². The zero-order valence-corrected chi connectivity index (χ0v) is 20.6. The van der Waals surface area contributed by atoms with Crippen LogP contribution in [0.5, 0.6) is 5.75 Å². The highest BCUT2D eigenvalue weighted by molar-refractivity contribution is 5.90. The van der Waals surface area contributed by atoms with Crippen LogP contribution in [0, 0.1) is 11.8 Å². The minimum absolute atomic E-state index is 0.225. The molecule has 1 saturated carbocycles. The normalized spacial score (nSPS) is 16.5. The van der Waals surface area contributed by atoms with Crippen molar-refractivity contribution in [2.75, 3.05) is 19.8 Å². The summed E-state index contributed by atoms with van der Waals surface area (Å²) in [5, 5.41) is 12.7. The van der Waals surface area contributed by atoms with Crippen molar-refractivity contribution in [3.63, 3.8) is 0 Å². The number of carbonyl (C=O) groups is 2. The number of rotatable bonds is 15. The number of hydrogen-bond donors (Lipinski definition) is 3. The molecular formula is C26H40N2O6. The van der Waals surface area contributed by atoms with E-state index in [1.807, 2.05) is 38.1 Å². The first kappa shape index (κ1) is 27.8. The van der Waals surface area contributed by atoms with Crippen molar-refractivity contribution in [2.45, 2.75) is 71.6 Å². The second kappa shape index (κ2) is 15.5. The van der Waals surface area contributed by atoms with Crippen LogP contribution in [-0.2, 0) is 19.2 Å². The van der Waals surface area contributed by atoms with Gasteiger partial charge < -0.3 is 19.9 Å². The highest BCUT2D eigenvalue weighted by atomic mass is 16.8. The third kappa shape index (κ3) is 11.1. The smallest absolute Gasteiger partial charge is 0.320 e. The molecule has 1 fully saturated rings. The van der Waals surface area contributed by atoms with Crippen LogP contribution in [-0.4, -0.2) is 49.1 Å². The van der Waals surface area contributed by atoms with E-state index in [-0.39, 0.29) is 11.8 Å². The Kier molecular flexibility index (Phi) is 12.7. The van der Waals surface area contributed by atoms with Crippen molar-refractivity contribution in [1.82, 2.24) is 10.8 Å². The van der Waals surface area contributed by atoms with Crippen molar-refractivity contribution in [3.05, 3.63) is 35.9 Å². The Labute approximate surface area is 203 Å². The minimum Gasteiger partial charge on any atom is -0.494 e. The molecule has 1 unspecified atom stereocenters. The molecule has 8 nitrogen and oxygen atoms in total. The topological polar surface area (TPSA) is 106 Å². The van der Waals surface area contributed by atoms with E-state index in [1.165, 1.54) is 12.5 Å². The van der Waals surface area contributed by atoms with Crippen LogP contribution in [0.2, 0.25) is 0 Å². The molecule has 0 heterocycles. The van der Waals surface area contributed by atoms with E-state index in [0.29, 0.717) is 25.7 Å². The predicted octanol–water partition coefficient (Wildman–Crippen LogP) is 4.16. The fourth-order valence-corrected chi connectivity index (χ4v) is 3.83. The second-order valence-electron chi connectivity index (χ2n) is 9.15. The van der Waals surface area contributed by atoms with Gasteiger partial charge in [0.2, 0.25) is 0 Å². The molecule has 0 aliphatic heterocycles. The average Bonchev–Trinajstić information content (AvgIpc) is 2.83. The molecule has 1 amide bonds. The molecule has 2 rings (SSSR count). The van der Waals surface area contributed by atoms with Gasteiger partial charge in [0, 0.05) is 6.08 Å². The molecule has 0 radical (unpaired) electrons. The Morgan fingerprint density at radius 3 is 2.47 bits per heavy atom. The fraction of sp³-hybridized carbons (Fsp3) is 0.615. The molecule has 0 aromatic heterocycles. The van der Waals surface area contributed by atoms with E-state index >= 15 is 0 Å². The molecule has 0 saturated heterocycles. The van der Waals surface area contributed by atoms with Crippen molar-refractivity contribution in [2.24, 2.45) is 11.8 Å². The summed E-state index contributed by atoms with van der Waals surface area (Å²) >= 11 is 0. The fourth-order valence-electron chi connectivity index (χ4n) is 3.83. The molecule has 1 aliphatic rings. The summed E-state index contributed by atoms with van der Waals surface area (Å²) in [4.78, 5) is 28.6. The number of benzene rings is 1. The van der Waals surface area contributed by atoms with Gasteiger partial charge in [-0.05, 0) is 68.3 Å². The lowest BCUT2D eigenvalue weighted by molar-refractivity contribution is -0.180. The maximum atomic E-state index is 11.9. The van der Waals surface area contributed by atoms with Gasteiger partial charge in [-0.15, -0.1) is 0 Å². The molecule has 34 heavy (non-hydrogen) atoms. The van der Waals surface area contributed by atoms with Gasteiger partial charge in [0.1, 0.15) is 11.8 Å². The van der Waals surface area contributed by atoms with Crippen molar-refractivity contribution >= 4 is 18.0 Å². The summed E-state index contributed by atoms with van der Waals surface area (Å²) in [6.07, 6.45) is 8.70. The summed E-state index contributed by atoms with van der Waals surface area (Å²) in [5.74, 6) is 0.207. The summed E-state index contributed by atoms with van der Waals surface area (Å²) < 4.78 is 11.2. The monoisotopic (exact) mass is 476 g/mol. The molecule has 0 bridgehead atoms. The Morgan fingerprint density at radius 2 is 1.82 bits per heavy atom. The molecule has 2 atom stereocenters. The average molecular weight is 477 g/mol. The second-order valence-corrected chi connectivity index (χ2v) is 9.15. The van der Waals surface area contributed by atoms with Gasteiger partial charge in [-0.2, -0.15) is 0 Å². The number of aliphatic carboxylic acids is 1. The van der Waals surface area contributed by atoms with E-state index < -0.39 is 18.3 Å². The van der Waals surface area contributed by atoms with E-state index in [9.17, 15) is 14.7 Å². The quantitative estimate of drug-likeness (QED) is 0.151. The zero-order chi connectivity index (χ0) is 24.8. The molecule has 1 aromatic rings. The van der Waals surface area contributed by atoms with Crippen LogP contribution in [0.3, 0.4) is 0 Å². The SMILES string of the molecule is CC(C)COC(C)ONC(=O)/C=C/c1ccc(OCCCN[C@H](C(=O)O)C2CCCCC2)cc1. The largest absolute Gasteiger partial charge is 0.494 e. The number of nitrogens with one attached hydrogen (secondary N) is 2. The highest BCUT2D eigenvalue weighted by Crippen LogP contribution is 2.26. The van der Waals surface area contributed by atoms with Gasteiger partial charge in [-0.25, -0.2) is 10.3 Å². The number of hydrogen-bond acceptors (Lipinski definition) is 6. The lowest BCUT2D eigenvalue weighted by Gasteiger charge is -2.28. The molecule has 190 valence electrons. The van der Waals surface area contributed by atoms with Gasteiger partial charge in [-0.3, -0.25) is 9.59 Å². The van der Waals surface area contributed by atoms with E-state index in [1.54, 1.807) is 13.0 Å². The standard InChI is InChI=1S/C26H40N2O6/c1-19(2)18-33-20(3)34-28-24(29)15-12-21-10-13-23(14-11-21)32-17-7-16-27-25(26(30)31)22-8-5-4-6-9-22/h10-15,19-20,22,25,27H,4-9,16-18H2,1-3H3,(H,28,29)(H,30,31)/b15-12+/t20?,25-/m0/s1. The van der Waals surface area contributed by atoms with Crippen LogP contribution >= 0.6 is 0 Å². The molecule has 8 heteroatoms. The van der Waals surface area contributed by atoms with Crippen molar-refractivity contribution in [1.29, 1.82) is 0 Å². The first-order valence-electron chi connectivity index (χ1n) is 12.3. The molecule has 1 aliphatic carbocycles. The van der Waals surface area contributed by atoms with Gasteiger partial charge in [0.25, 0.3) is 5.91 Å². The number of hydroxylamine groups is 1. The lowest BCUT2D eigenvalue weighted by Crippen LogP contribution is -2.44. The summed E-state index contributed by atoms with van der Waals surface area (Å²) in [7, 11) is 0. The van der Waals surface area contributed by atoms with E-state index in [2.05, 4.69) is 10.8 Å². The third-order valence-corrected chi connectivity index (χ3v) is 5.64. The maximum absolute atomic E-state index is 11.9. The zero-order valence-electron chi connectivity index (χ0n) is 20.6. The van der Waals surface area contributed by atoms with E-state index in [4.69, 9.17) is 14.3 Å². The number of carboxylic acid groups (broad SMARTS) is 1. The summed E-state index contributed by atoms with van der Waals surface area (Å²) in [6.45, 7) is 7.46. The maximum Gasteiger partial charge on any atom is 0.320 e. The molecule has 0 spiro atoms. The summed E-state index contributed by atoms with van der Waals surface area (Å²) in [5.41, 5.74) is 3.20. The summed E-state index contributed by atoms with van der Waals surface area (Å²) in [6, 6.07) is 6.92. The van der Waals surface area contributed by atoms with Crippen LogP contribution in [0.1, 0.15) is 64.9 Å². The highest BCUT2D eigenvalue weighted by Gasteiger charge is 2.28. The van der Waals surface area contributed by atoms with Gasteiger partial charge >= 0.3 is 5.97 Å². The van der Waals surface area contributed by atoms with E-state index in [0.717, 1.165) is 43.4 Å². The minimum atomic E-state index is -0.759. The number of amides is 1. The van der Waals surface area contributed by atoms with Gasteiger partial charge in [0.05, 0.1) is 13.2 Å². The van der Waals surface area contributed by atoms with Crippen molar-refractivity contribution in [3.8, 4) is 5.75 Å². The lowest BCUT2D eigenvalue weighted by atomic mass is 9.84. The Hall–Kier alpha value is -2.42. The first-order valence-corrected chi connectivity index (χ1v) is 12.3. The number of carbonyl (C=O) groups excluding carboxylic acids is 1.